The maximum absolute atomic E-state index is 5.47. The van der Waals surface area contributed by atoms with Gasteiger partial charge < -0.3 is 5.73 Å². The first-order valence-corrected chi connectivity index (χ1v) is 6.01. The van der Waals surface area contributed by atoms with Gasteiger partial charge in [0.25, 0.3) is 0 Å². The topological polar surface area (TPSA) is 69.6 Å². The Balaban J connectivity index is 1.97. The monoisotopic (exact) mass is 235 g/mol. The summed E-state index contributed by atoms with van der Waals surface area (Å²) in [6.45, 7) is 1.21. The Hall–Kier alpha value is -1.40. The van der Waals surface area contributed by atoms with Crippen LogP contribution in [0.4, 0.5) is 0 Å². The number of rotatable bonds is 5. The molecule has 0 aliphatic heterocycles. The van der Waals surface area contributed by atoms with Crippen LogP contribution in [0.3, 0.4) is 0 Å². The first-order chi connectivity index (χ1) is 7.90. The fraction of sp³-hybridized carbons (Fsp3) is 0.300. The van der Waals surface area contributed by atoms with E-state index in [4.69, 9.17) is 5.73 Å². The van der Waals surface area contributed by atoms with E-state index in [1.165, 1.54) is 4.90 Å². The van der Waals surface area contributed by atoms with Crippen molar-refractivity contribution in [2.24, 2.45) is 5.73 Å². The number of benzene rings is 1. The predicted octanol–water partition coefficient (Wildman–Crippen LogP) is 0.924. The molecule has 0 saturated heterocycles. The molecule has 16 heavy (non-hydrogen) atoms. The molecule has 0 fully saturated rings. The van der Waals surface area contributed by atoms with Gasteiger partial charge in [-0.15, -0.1) is 16.9 Å². The largest absolute Gasteiger partial charge is 0.329 e. The molecule has 84 valence electrons. The molecular weight excluding hydrogens is 222 g/mol. The number of hydrogen-bond donors (Lipinski definition) is 1. The van der Waals surface area contributed by atoms with Crippen LogP contribution in [0.2, 0.25) is 0 Å². The summed E-state index contributed by atoms with van der Waals surface area (Å²) in [5, 5.41) is 11.5. The highest BCUT2D eigenvalue weighted by Gasteiger charge is 2.05. The second-order valence-electron chi connectivity index (χ2n) is 3.21. The van der Waals surface area contributed by atoms with Crippen LogP contribution >= 0.6 is 11.8 Å². The van der Waals surface area contributed by atoms with Crippen LogP contribution in [0.25, 0.3) is 0 Å². The molecule has 0 atom stereocenters. The fourth-order valence-electron chi connectivity index (χ4n) is 1.29. The normalized spacial score (nSPS) is 10.6. The number of nitrogens with two attached hydrogens (primary N) is 1. The molecule has 0 amide bonds. The van der Waals surface area contributed by atoms with E-state index in [0.717, 1.165) is 11.6 Å². The summed E-state index contributed by atoms with van der Waals surface area (Å²) >= 11 is 1.71. The van der Waals surface area contributed by atoms with Crippen LogP contribution < -0.4 is 5.73 Å². The lowest BCUT2D eigenvalue weighted by Gasteiger charge is -2.02. The zero-order chi connectivity index (χ0) is 11.2. The van der Waals surface area contributed by atoms with Crippen molar-refractivity contribution in [3.8, 4) is 0 Å². The summed E-state index contributed by atoms with van der Waals surface area (Å²) in [6.07, 6.45) is 0. The fourth-order valence-corrected chi connectivity index (χ4v) is 2.14. The van der Waals surface area contributed by atoms with Crippen molar-refractivity contribution in [3.63, 3.8) is 0 Å². The first kappa shape index (κ1) is 11.1. The third kappa shape index (κ3) is 2.80. The van der Waals surface area contributed by atoms with Crippen LogP contribution in [0.15, 0.2) is 35.2 Å². The minimum absolute atomic E-state index is 0.550. The summed E-state index contributed by atoms with van der Waals surface area (Å²) in [6, 6.07) is 10.2. The quantitative estimate of drug-likeness (QED) is 0.780. The summed E-state index contributed by atoms with van der Waals surface area (Å²) in [5.74, 6) is 1.62. The van der Waals surface area contributed by atoms with Crippen LogP contribution in [-0.4, -0.2) is 26.8 Å². The number of tetrazole rings is 1. The third-order valence-corrected chi connectivity index (χ3v) is 3.07. The minimum atomic E-state index is 0.550. The summed E-state index contributed by atoms with van der Waals surface area (Å²) in [4.78, 5) is 1.21. The lowest BCUT2D eigenvalue weighted by atomic mass is 10.4. The molecule has 0 aliphatic carbocycles. The number of hydrogen-bond acceptors (Lipinski definition) is 5. The molecule has 6 heteroatoms. The van der Waals surface area contributed by atoms with Crippen LogP contribution in [0.5, 0.6) is 0 Å². The Bertz CT molecular complexity index is 428. The minimum Gasteiger partial charge on any atom is -0.329 e. The molecule has 2 rings (SSSR count). The average molecular weight is 235 g/mol. The third-order valence-electron chi connectivity index (χ3n) is 2.06. The van der Waals surface area contributed by atoms with Gasteiger partial charge in [-0.2, -0.15) is 0 Å². The first-order valence-electron chi connectivity index (χ1n) is 5.03. The Morgan fingerprint density at radius 1 is 1.25 bits per heavy atom. The molecule has 2 N–H and O–H groups in total. The van der Waals surface area contributed by atoms with E-state index < -0.39 is 0 Å². The van der Waals surface area contributed by atoms with Crippen molar-refractivity contribution < 1.29 is 0 Å². The van der Waals surface area contributed by atoms with Gasteiger partial charge in [-0.3, -0.25) is 0 Å². The van der Waals surface area contributed by atoms with E-state index in [9.17, 15) is 0 Å². The molecule has 0 saturated carbocycles. The van der Waals surface area contributed by atoms with Crippen molar-refractivity contribution in [2.75, 3.05) is 6.54 Å². The van der Waals surface area contributed by atoms with E-state index in [1.54, 1.807) is 16.4 Å². The number of thioether (sulfide) groups is 1. The Kier molecular flexibility index (Phi) is 3.90. The van der Waals surface area contributed by atoms with E-state index in [-0.39, 0.29) is 0 Å². The smallest absolute Gasteiger partial charge is 0.161 e. The molecule has 1 heterocycles. The van der Waals surface area contributed by atoms with Gasteiger partial charge in [0.05, 0.1) is 12.3 Å². The van der Waals surface area contributed by atoms with Gasteiger partial charge in [-0.05, 0) is 22.6 Å². The van der Waals surface area contributed by atoms with Gasteiger partial charge >= 0.3 is 0 Å². The lowest BCUT2D eigenvalue weighted by Crippen LogP contribution is -2.13. The SMILES string of the molecule is NCCn1nnnc1CSc1ccccc1. The molecule has 0 radical (unpaired) electrons. The van der Waals surface area contributed by atoms with E-state index in [2.05, 4.69) is 27.7 Å². The summed E-state index contributed by atoms with van der Waals surface area (Å²) in [5.41, 5.74) is 5.47. The molecule has 2 aromatic rings. The molecule has 0 unspecified atom stereocenters. The Morgan fingerprint density at radius 2 is 2.06 bits per heavy atom. The molecule has 5 nitrogen and oxygen atoms in total. The maximum atomic E-state index is 5.47. The highest BCUT2D eigenvalue weighted by Crippen LogP contribution is 2.20. The Morgan fingerprint density at radius 3 is 2.81 bits per heavy atom. The van der Waals surface area contributed by atoms with Crippen molar-refractivity contribution >= 4 is 11.8 Å². The van der Waals surface area contributed by atoms with Gasteiger partial charge in [-0.1, -0.05) is 18.2 Å². The van der Waals surface area contributed by atoms with Crippen molar-refractivity contribution in [2.45, 2.75) is 17.2 Å². The number of aromatic nitrogens is 4. The van der Waals surface area contributed by atoms with E-state index in [1.807, 2.05) is 18.2 Å². The summed E-state index contributed by atoms with van der Waals surface area (Å²) < 4.78 is 1.75. The van der Waals surface area contributed by atoms with Crippen LogP contribution in [0, 0.1) is 0 Å². The van der Waals surface area contributed by atoms with Gasteiger partial charge in [-0.25, -0.2) is 4.68 Å². The van der Waals surface area contributed by atoms with E-state index >= 15 is 0 Å². The van der Waals surface area contributed by atoms with Gasteiger partial charge in [0, 0.05) is 11.4 Å². The molecule has 1 aromatic heterocycles. The summed E-state index contributed by atoms with van der Waals surface area (Å²) in [7, 11) is 0. The van der Waals surface area contributed by atoms with Gasteiger partial charge in [0.2, 0.25) is 0 Å². The second kappa shape index (κ2) is 5.62. The molecule has 0 spiro atoms. The molecular formula is C10H13N5S. The van der Waals surface area contributed by atoms with Gasteiger partial charge in [0.15, 0.2) is 5.82 Å². The van der Waals surface area contributed by atoms with Crippen molar-refractivity contribution in [1.82, 2.24) is 20.2 Å². The molecule has 1 aromatic carbocycles. The number of nitrogens with zero attached hydrogens (tertiary/aromatic N) is 4. The van der Waals surface area contributed by atoms with Crippen LogP contribution in [0.1, 0.15) is 5.82 Å². The highest BCUT2D eigenvalue weighted by atomic mass is 32.2. The standard InChI is InChI=1S/C10H13N5S/c11-6-7-15-10(12-13-14-15)8-16-9-4-2-1-3-5-9/h1-5H,6-8,11H2. The van der Waals surface area contributed by atoms with E-state index in [0.29, 0.717) is 13.1 Å². The highest BCUT2D eigenvalue weighted by molar-refractivity contribution is 7.98. The van der Waals surface area contributed by atoms with Crippen molar-refractivity contribution in [3.05, 3.63) is 36.2 Å². The average Bonchev–Trinajstić information content (AvgIpc) is 2.76. The maximum Gasteiger partial charge on any atom is 0.161 e. The zero-order valence-electron chi connectivity index (χ0n) is 8.78. The van der Waals surface area contributed by atoms with Crippen molar-refractivity contribution in [1.29, 1.82) is 0 Å². The predicted molar refractivity (Wildman–Crippen MR) is 62.9 cm³/mol. The zero-order valence-corrected chi connectivity index (χ0v) is 9.60. The molecule has 0 aliphatic rings. The Labute approximate surface area is 98.0 Å². The van der Waals surface area contributed by atoms with Crippen LogP contribution in [-0.2, 0) is 12.3 Å². The lowest BCUT2D eigenvalue weighted by molar-refractivity contribution is 0.582. The second-order valence-corrected chi connectivity index (χ2v) is 4.26. The molecule has 0 bridgehead atoms. The van der Waals surface area contributed by atoms with Gasteiger partial charge in [0.1, 0.15) is 0 Å².